The zero-order valence-corrected chi connectivity index (χ0v) is 9.18. The van der Waals surface area contributed by atoms with Crippen molar-refractivity contribution in [2.24, 2.45) is 0 Å². The van der Waals surface area contributed by atoms with Gasteiger partial charge in [-0.2, -0.15) is 0 Å². The highest BCUT2D eigenvalue weighted by Gasteiger charge is 2.19. The maximum atomic E-state index is 11.3. The topological polar surface area (TPSA) is 44.4 Å². The van der Waals surface area contributed by atoms with Gasteiger partial charge in [0.25, 0.3) is 0 Å². The monoisotopic (exact) mass is 199 g/mol. The molecule has 1 aliphatic rings. The summed E-state index contributed by atoms with van der Waals surface area (Å²) in [5.74, 6) is 0. The van der Waals surface area contributed by atoms with Gasteiger partial charge in [-0.3, -0.25) is 0 Å². The number of amides is 2. The lowest BCUT2D eigenvalue weighted by Crippen LogP contribution is -2.38. The van der Waals surface area contributed by atoms with Gasteiger partial charge < -0.3 is 15.5 Å². The molecule has 0 heterocycles. The maximum Gasteiger partial charge on any atom is 0.317 e. The van der Waals surface area contributed by atoms with E-state index in [0.29, 0.717) is 0 Å². The van der Waals surface area contributed by atoms with E-state index in [0.717, 1.165) is 32.1 Å². The molecule has 1 fully saturated rings. The number of rotatable bonds is 6. The van der Waals surface area contributed by atoms with E-state index in [9.17, 15) is 4.79 Å². The molecule has 0 saturated heterocycles. The lowest BCUT2D eigenvalue weighted by Gasteiger charge is -2.15. The molecule has 2 N–H and O–H groups in total. The van der Waals surface area contributed by atoms with Crippen molar-refractivity contribution in [1.82, 2.24) is 15.5 Å². The largest absolute Gasteiger partial charge is 0.338 e. The summed E-state index contributed by atoms with van der Waals surface area (Å²) < 4.78 is 0. The van der Waals surface area contributed by atoms with Crippen LogP contribution in [0.5, 0.6) is 0 Å². The van der Waals surface area contributed by atoms with Gasteiger partial charge in [0.2, 0.25) is 0 Å². The van der Waals surface area contributed by atoms with Gasteiger partial charge in [0, 0.05) is 26.2 Å². The molecule has 0 radical (unpaired) electrons. The summed E-state index contributed by atoms with van der Waals surface area (Å²) >= 11 is 0. The van der Waals surface area contributed by atoms with Crippen LogP contribution in [-0.2, 0) is 0 Å². The second kappa shape index (κ2) is 5.86. The second-order valence-electron chi connectivity index (χ2n) is 3.83. The van der Waals surface area contributed by atoms with Crippen LogP contribution in [0.25, 0.3) is 0 Å². The predicted octanol–water partition coefficient (Wildman–Crippen LogP) is 0.790. The standard InChI is InChI=1S/C10H21N3O/c1-3-13(2)10(14)12-8-4-7-11-9-5-6-9/h9,11H,3-8H2,1-2H3,(H,12,14). The Labute approximate surface area is 86.0 Å². The number of nitrogens with zero attached hydrogens (tertiary/aromatic N) is 1. The first kappa shape index (κ1) is 11.3. The molecule has 0 atom stereocenters. The molecule has 2 amide bonds. The van der Waals surface area contributed by atoms with E-state index >= 15 is 0 Å². The minimum absolute atomic E-state index is 0.0268. The zero-order chi connectivity index (χ0) is 10.4. The molecule has 82 valence electrons. The highest BCUT2D eigenvalue weighted by molar-refractivity contribution is 5.73. The molecule has 1 aliphatic carbocycles. The summed E-state index contributed by atoms with van der Waals surface area (Å²) in [5, 5.41) is 6.28. The lowest BCUT2D eigenvalue weighted by molar-refractivity contribution is 0.211. The average Bonchev–Trinajstić information content (AvgIpc) is 2.99. The predicted molar refractivity (Wildman–Crippen MR) is 57.3 cm³/mol. The Balaban J connectivity index is 1.88. The Bertz CT molecular complexity index is 180. The van der Waals surface area contributed by atoms with Crippen molar-refractivity contribution in [2.45, 2.75) is 32.2 Å². The van der Waals surface area contributed by atoms with Crippen LogP contribution in [0.2, 0.25) is 0 Å². The van der Waals surface area contributed by atoms with Crippen molar-refractivity contribution >= 4 is 6.03 Å². The van der Waals surface area contributed by atoms with E-state index in [1.54, 1.807) is 11.9 Å². The Kier molecular flexibility index (Phi) is 4.73. The quantitative estimate of drug-likeness (QED) is 0.621. The Morgan fingerprint density at radius 3 is 2.71 bits per heavy atom. The van der Waals surface area contributed by atoms with E-state index in [-0.39, 0.29) is 6.03 Å². The Morgan fingerprint density at radius 2 is 2.14 bits per heavy atom. The van der Waals surface area contributed by atoms with Crippen molar-refractivity contribution in [1.29, 1.82) is 0 Å². The fourth-order valence-corrected chi connectivity index (χ4v) is 1.16. The minimum Gasteiger partial charge on any atom is -0.338 e. The van der Waals surface area contributed by atoms with Crippen molar-refractivity contribution in [3.63, 3.8) is 0 Å². The van der Waals surface area contributed by atoms with Crippen molar-refractivity contribution in [3.8, 4) is 0 Å². The average molecular weight is 199 g/mol. The summed E-state index contributed by atoms with van der Waals surface area (Å²) in [6, 6.07) is 0.794. The first-order valence-electron chi connectivity index (χ1n) is 5.46. The molecule has 0 aromatic heterocycles. The molecule has 1 rings (SSSR count). The van der Waals surface area contributed by atoms with Gasteiger partial charge >= 0.3 is 6.03 Å². The fourth-order valence-electron chi connectivity index (χ4n) is 1.16. The van der Waals surface area contributed by atoms with Crippen molar-refractivity contribution in [3.05, 3.63) is 0 Å². The van der Waals surface area contributed by atoms with E-state index in [2.05, 4.69) is 10.6 Å². The van der Waals surface area contributed by atoms with Gasteiger partial charge in [-0.1, -0.05) is 0 Å². The maximum absolute atomic E-state index is 11.3. The van der Waals surface area contributed by atoms with Crippen LogP contribution in [0.4, 0.5) is 4.79 Å². The molecule has 0 aliphatic heterocycles. The van der Waals surface area contributed by atoms with Gasteiger partial charge in [0.1, 0.15) is 0 Å². The normalized spacial score (nSPS) is 15.3. The van der Waals surface area contributed by atoms with E-state index in [1.807, 2.05) is 6.92 Å². The third-order valence-corrected chi connectivity index (χ3v) is 2.46. The summed E-state index contributed by atoms with van der Waals surface area (Å²) in [7, 11) is 1.80. The molecule has 1 saturated carbocycles. The molecular formula is C10H21N3O. The Morgan fingerprint density at radius 1 is 1.43 bits per heavy atom. The van der Waals surface area contributed by atoms with E-state index in [1.165, 1.54) is 12.8 Å². The first-order valence-corrected chi connectivity index (χ1v) is 5.46. The van der Waals surface area contributed by atoms with Crippen LogP contribution in [0.1, 0.15) is 26.2 Å². The summed E-state index contributed by atoms with van der Waals surface area (Å²) in [6.07, 6.45) is 3.66. The highest BCUT2D eigenvalue weighted by atomic mass is 16.2. The van der Waals surface area contributed by atoms with Gasteiger partial charge in [0.15, 0.2) is 0 Å². The van der Waals surface area contributed by atoms with Crippen molar-refractivity contribution < 1.29 is 4.79 Å². The molecule has 0 spiro atoms. The summed E-state index contributed by atoms with van der Waals surface area (Å²) in [4.78, 5) is 13.0. The van der Waals surface area contributed by atoms with Crippen LogP contribution in [0.15, 0.2) is 0 Å². The number of hydrogen-bond donors (Lipinski definition) is 2. The smallest absolute Gasteiger partial charge is 0.317 e. The molecule has 0 aromatic rings. The third-order valence-electron chi connectivity index (χ3n) is 2.46. The molecule has 0 bridgehead atoms. The van der Waals surface area contributed by atoms with Gasteiger partial charge in [-0.25, -0.2) is 4.79 Å². The first-order chi connectivity index (χ1) is 6.74. The molecule has 4 heteroatoms. The van der Waals surface area contributed by atoms with E-state index < -0.39 is 0 Å². The van der Waals surface area contributed by atoms with Crippen LogP contribution in [0.3, 0.4) is 0 Å². The fraction of sp³-hybridized carbons (Fsp3) is 0.900. The second-order valence-corrected chi connectivity index (χ2v) is 3.83. The van der Waals surface area contributed by atoms with Crippen LogP contribution in [-0.4, -0.2) is 43.7 Å². The number of carbonyl (C=O) groups is 1. The molecule has 0 unspecified atom stereocenters. The number of hydrogen-bond acceptors (Lipinski definition) is 2. The zero-order valence-electron chi connectivity index (χ0n) is 9.18. The highest BCUT2D eigenvalue weighted by Crippen LogP contribution is 2.18. The third kappa shape index (κ3) is 4.46. The van der Waals surface area contributed by atoms with E-state index in [4.69, 9.17) is 0 Å². The summed E-state index contributed by atoms with van der Waals surface area (Å²) in [5.41, 5.74) is 0. The lowest BCUT2D eigenvalue weighted by atomic mass is 10.4. The number of nitrogens with one attached hydrogen (secondary N) is 2. The van der Waals surface area contributed by atoms with Crippen LogP contribution in [0, 0.1) is 0 Å². The number of urea groups is 1. The summed E-state index contributed by atoms with van der Waals surface area (Å²) in [6.45, 7) is 4.50. The Hall–Kier alpha value is -0.770. The van der Waals surface area contributed by atoms with Gasteiger partial charge in [-0.15, -0.1) is 0 Å². The molecular weight excluding hydrogens is 178 g/mol. The minimum atomic E-state index is 0.0268. The van der Waals surface area contributed by atoms with Crippen LogP contribution >= 0.6 is 0 Å². The van der Waals surface area contributed by atoms with Crippen LogP contribution < -0.4 is 10.6 Å². The SMILES string of the molecule is CCN(C)C(=O)NCCCNC1CC1. The number of carbonyl (C=O) groups excluding carboxylic acids is 1. The molecule has 14 heavy (non-hydrogen) atoms. The van der Waals surface area contributed by atoms with Gasteiger partial charge in [-0.05, 0) is 32.7 Å². The van der Waals surface area contributed by atoms with Gasteiger partial charge in [0.05, 0.1) is 0 Å². The molecule has 4 nitrogen and oxygen atoms in total. The van der Waals surface area contributed by atoms with Crippen molar-refractivity contribution in [2.75, 3.05) is 26.7 Å². The molecule has 0 aromatic carbocycles.